The van der Waals surface area contributed by atoms with E-state index in [-0.39, 0.29) is 11.2 Å². The molecule has 0 atom stereocenters. The molecular formula is C15H18N2O3S. The molecule has 1 aliphatic rings. The first kappa shape index (κ1) is 14.1. The van der Waals surface area contributed by atoms with E-state index in [0.29, 0.717) is 12.2 Å². The first-order chi connectivity index (χ1) is 9.90. The molecule has 0 bridgehead atoms. The molecule has 0 unspecified atom stereocenters. The molecule has 0 saturated carbocycles. The molecule has 2 aromatic rings. The number of anilines is 1. The summed E-state index contributed by atoms with van der Waals surface area (Å²) in [5.74, 6) is -0.141. The monoisotopic (exact) mass is 306 g/mol. The van der Waals surface area contributed by atoms with Gasteiger partial charge in [0.05, 0.1) is 5.69 Å². The zero-order chi connectivity index (χ0) is 15.1. The number of hydrogen-bond donors (Lipinski definition) is 0. The Bertz CT molecular complexity index is 736. The van der Waals surface area contributed by atoms with Crippen LogP contribution in [0.15, 0.2) is 41.1 Å². The van der Waals surface area contributed by atoms with E-state index in [4.69, 9.17) is 4.52 Å². The molecular weight excluding hydrogens is 288 g/mol. The fourth-order valence-corrected chi connectivity index (χ4v) is 4.27. The van der Waals surface area contributed by atoms with Crippen molar-refractivity contribution >= 4 is 15.7 Å². The first-order valence-corrected chi connectivity index (χ1v) is 8.50. The van der Waals surface area contributed by atoms with Crippen LogP contribution in [0.25, 0.3) is 0 Å². The number of fused-ring (bicyclic) bond motifs is 1. The minimum absolute atomic E-state index is 0.0174. The highest BCUT2D eigenvalue weighted by molar-refractivity contribution is 7.92. The Balaban J connectivity index is 2.00. The predicted octanol–water partition coefficient (Wildman–Crippen LogP) is 2.69. The summed E-state index contributed by atoms with van der Waals surface area (Å²) in [5, 5.41) is 3.70. The Kier molecular flexibility index (Phi) is 3.28. The van der Waals surface area contributed by atoms with Gasteiger partial charge in [-0.05, 0) is 23.5 Å². The van der Waals surface area contributed by atoms with Crippen molar-refractivity contribution in [1.29, 1.82) is 0 Å². The average molecular weight is 306 g/mol. The lowest BCUT2D eigenvalue weighted by Gasteiger charge is -2.39. The maximum absolute atomic E-state index is 12.7. The van der Waals surface area contributed by atoms with Crippen LogP contribution in [0, 0.1) is 0 Å². The second-order valence-electron chi connectivity index (χ2n) is 5.97. The summed E-state index contributed by atoms with van der Waals surface area (Å²) < 4.78 is 31.6. The highest BCUT2D eigenvalue weighted by atomic mass is 32.2. The van der Waals surface area contributed by atoms with E-state index in [1.165, 1.54) is 10.6 Å². The van der Waals surface area contributed by atoms with Gasteiger partial charge in [0.25, 0.3) is 0 Å². The summed E-state index contributed by atoms with van der Waals surface area (Å²) in [6, 6.07) is 9.29. The second kappa shape index (κ2) is 4.87. The van der Waals surface area contributed by atoms with Gasteiger partial charge in [0, 0.05) is 12.6 Å². The van der Waals surface area contributed by atoms with E-state index in [9.17, 15) is 8.42 Å². The smallest absolute Gasteiger partial charge is 0.241 e. The molecule has 1 aliphatic heterocycles. The third kappa shape index (κ3) is 2.55. The molecule has 1 aromatic heterocycles. The number of aromatic nitrogens is 1. The van der Waals surface area contributed by atoms with E-state index in [1.807, 2.05) is 24.3 Å². The van der Waals surface area contributed by atoms with Crippen LogP contribution >= 0.6 is 0 Å². The molecule has 0 aliphatic carbocycles. The molecule has 112 valence electrons. The lowest BCUT2D eigenvalue weighted by atomic mass is 9.78. The molecule has 0 saturated heterocycles. The fourth-order valence-electron chi connectivity index (χ4n) is 2.77. The van der Waals surface area contributed by atoms with Crippen LogP contribution in [-0.4, -0.2) is 20.1 Å². The van der Waals surface area contributed by atoms with Crippen LogP contribution in [0.1, 0.15) is 31.5 Å². The minimum Gasteiger partial charge on any atom is -0.364 e. The highest BCUT2D eigenvalue weighted by Gasteiger charge is 2.36. The molecule has 6 heteroatoms. The van der Waals surface area contributed by atoms with Crippen molar-refractivity contribution in [3.63, 3.8) is 0 Å². The van der Waals surface area contributed by atoms with Gasteiger partial charge >= 0.3 is 0 Å². The van der Waals surface area contributed by atoms with Crippen LogP contribution in [0.5, 0.6) is 0 Å². The van der Waals surface area contributed by atoms with Crippen molar-refractivity contribution in [2.24, 2.45) is 0 Å². The summed E-state index contributed by atoms with van der Waals surface area (Å²) in [6.45, 7) is 4.78. The van der Waals surface area contributed by atoms with Crippen LogP contribution in [0.4, 0.5) is 5.69 Å². The zero-order valence-electron chi connectivity index (χ0n) is 12.1. The molecule has 0 N–H and O–H groups in total. The molecule has 0 fully saturated rings. The number of benzene rings is 1. The van der Waals surface area contributed by atoms with Crippen molar-refractivity contribution in [2.75, 3.05) is 10.8 Å². The van der Waals surface area contributed by atoms with E-state index in [1.54, 1.807) is 6.07 Å². The number of sulfonamides is 1. The summed E-state index contributed by atoms with van der Waals surface area (Å²) in [4.78, 5) is 0. The van der Waals surface area contributed by atoms with Gasteiger partial charge in [-0.1, -0.05) is 37.2 Å². The zero-order valence-corrected chi connectivity index (χ0v) is 12.9. The molecule has 21 heavy (non-hydrogen) atoms. The molecule has 0 amide bonds. The third-order valence-corrected chi connectivity index (χ3v) is 5.71. The predicted molar refractivity (Wildman–Crippen MR) is 80.6 cm³/mol. The van der Waals surface area contributed by atoms with E-state index in [0.717, 1.165) is 17.7 Å². The minimum atomic E-state index is -3.46. The molecule has 3 rings (SSSR count). The SMILES string of the molecule is CC1(C)CCN(S(=O)(=O)Cc2ccon2)c2ccccc21. The van der Waals surface area contributed by atoms with Crippen LogP contribution in [-0.2, 0) is 21.2 Å². The fraction of sp³-hybridized carbons (Fsp3) is 0.400. The lowest BCUT2D eigenvalue weighted by molar-refractivity contribution is 0.413. The molecule has 5 nitrogen and oxygen atoms in total. The van der Waals surface area contributed by atoms with Gasteiger partial charge in [-0.3, -0.25) is 4.31 Å². The van der Waals surface area contributed by atoms with Crippen molar-refractivity contribution in [1.82, 2.24) is 5.16 Å². The Labute approximate surface area is 124 Å². The number of para-hydroxylation sites is 1. The maximum atomic E-state index is 12.7. The summed E-state index contributed by atoms with van der Waals surface area (Å²) >= 11 is 0. The topological polar surface area (TPSA) is 63.4 Å². The largest absolute Gasteiger partial charge is 0.364 e. The van der Waals surface area contributed by atoms with Crippen molar-refractivity contribution < 1.29 is 12.9 Å². The van der Waals surface area contributed by atoms with Gasteiger partial charge < -0.3 is 4.52 Å². The standard InChI is InChI=1S/C15H18N2O3S/c1-15(2)8-9-17(14-6-4-3-5-13(14)15)21(18,19)11-12-7-10-20-16-12/h3-7,10H,8-9,11H2,1-2H3. The Morgan fingerprint density at radius 2 is 2.05 bits per heavy atom. The van der Waals surface area contributed by atoms with E-state index >= 15 is 0 Å². The molecule has 1 aromatic carbocycles. The van der Waals surface area contributed by atoms with Gasteiger partial charge in [0.15, 0.2) is 0 Å². The summed E-state index contributed by atoms with van der Waals surface area (Å²) in [5.41, 5.74) is 2.26. The van der Waals surface area contributed by atoms with Crippen LogP contribution in [0.2, 0.25) is 0 Å². The van der Waals surface area contributed by atoms with Gasteiger partial charge in [-0.25, -0.2) is 8.42 Å². The molecule has 2 heterocycles. The normalized spacial score (nSPS) is 17.5. The van der Waals surface area contributed by atoms with E-state index in [2.05, 4.69) is 19.0 Å². The number of nitrogens with zero attached hydrogens (tertiary/aromatic N) is 2. The third-order valence-electron chi connectivity index (χ3n) is 4.00. The van der Waals surface area contributed by atoms with Crippen molar-refractivity contribution in [3.05, 3.63) is 47.9 Å². The van der Waals surface area contributed by atoms with Crippen LogP contribution in [0.3, 0.4) is 0 Å². The summed E-state index contributed by atoms with van der Waals surface area (Å²) in [6.07, 6.45) is 2.18. The molecule has 0 spiro atoms. The average Bonchev–Trinajstić information content (AvgIpc) is 2.90. The quantitative estimate of drug-likeness (QED) is 0.874. The lowest BCUT2D eigenvalue weighted by Crippen LogP contribution is -2.41. The maximum Gasteiger partial charge on any atom is 0.241 e. The van der Waals surface area contributed by atoms with E-state index < -0.39 is 10.0 Å². The van der Waals surface area contributed by atoms with Crippen molar-refractivity contribution in [2.45, 2.75) is 31.4 Å². The van der Waals surface area contributed by atoms with Gasteiger partial charge in [-0.2, -0.15) is 0 Å². The Morgan fingerprint density at radius 3 is 2.76 bits per heavy atom. The Morgan fingerprint density at radius 1 is 1.29 bits per heavy atom. The van der Waals surface area contributed by atoms with Gasteiger partial charge in [-0.15, -0.1) is 0 Å². The van der Waals surface area contributed by atoms with Gasteiger partial charge in [0.1, 0.15) is 17.7 Å². The number of rotatable bonds is 3. The van der Waals surface area contributed by atoms with Crippen LogP contribution < -0.4 is 4.31 Å². The van der Waals surface area contributed by atoms with Gasteiger partial charge in [0.2, 0.25) is 10.0 Å². The number of hydrogen-bond acceptors (Lipinski definition) is 4. The molecule has 0 radical (unpaired) electrons. The summed E-state index contributed by atoms with van der Waals surface area (Å²) in [7, 11) is -3.46. The van der Waals surface area contributed by atoms with Crippen molar-refractivity contribution in [3.8, 4) is 0 Å². The second-order valence-corrected chi connectivity index (χ2v) is 7.86. The highest BCUT2D eigenvalue weighted by Crippen LogP contribution is 2.40. The first-order valence-electron chi connectivity index (χ1n) is 6.89. The Hall–Kier alpha value is -1.82.